The molecule has 2 heterocycles. The molecule has 1 fully saturated rings. The standard InChI is InChI=1S/C27H27BrN4OS/c28-23-10-11-24-25(19-23)34-27(30-24)32-16-14-31(15-17-32)13-12-29-26(33)22-8-6-21(7-9-22)18-20-4-2-1-3-5-20/h1-11,19H,12-18H2,(H,29,33). The lowest BCUT2D eigenvalue weighted by Crippen LogP contribution is -2.48. The van der Waals surface area contributed by atoms with E-state index in [1.165, 1.54) is 15.8 Å². The zero-order valence-corrected chi connectivity index (χ0v) is 21.3. The second-order valence-corrected chi connectivity index (χ2v) is 10.5. The van der Waals surface area contributed by atoms with Gasteiger partial charge < -0.3 is 10.2 Å². The summed E-state index contributed by atoms with van der Waals surface area (Å²) in [6, 6.07) is 24.5. The zero-order chi connectivity index (χ0) is 23.3. The number of aromatic nitrogens is 1. The predicted octanol–water partition coefficient (Wildman–Crippen LogP) is 5.20. The number of rotatable bonds is 7. The van der Waals surface area contributed by atoms with E-state index in [0.29, 0.717) is 12.1 Å². The van der Waals surface area contributed by atoms with Gasteiger partial charge in [0.2, 0.25) is 0 Å². The first-order chi connectivity index (χ1) is 16.6. The SMILES string of the molecule is O=C(NCCN1CCN(c2nc3ccc(Br)cc3s2)CC1)c1ccc(Cc2ccccc2)cc1. The Hall–Kier alpha value is -2.74. The lowest BCUT2D eigenvalue weighted by atomic mass is 10.0. The predicted molar refractivity (Wildman–Crippen MR) is 144 cm³/mol. The topological polar surface area (TPSA) is 48.5 Å². The highest BCUT2D eigenvalue weighted by atomic mass is 79.9. The number of hydrogen-bond acceptors (Lipinski definition) is 5. The van der Waals surface area contributed by atoms with E-state index >= 15 is 0 Å². The number of anilines is 1. The zero-order valence-electron chi connectivity index (χ0n) is 18.9. The molecule has 0 unspecified atom stereocenters. The summed E-state index contributed by atoms with van der Waals surface area (Å²) >= 11 is 5.29. The number of nitrogens with zero attached hydrogens (tertiary/aromatic N) is 3. The number of halogens is 1. The molecule has 0 atom stereocenters. The summed E-state index contributed by atoms with van der Waals surface area (Å²) in [4.78, 5) is 22.1. The largest absolute Gasteiger partial charge is 0.351 e. The Balaban J connectivity index is 1.06. The molecule has 34 heavy (non-hydrogen) atoms. The van der Waals surface area contributed by atoms with E-state index in [4.69, 9.17) is 4.98 Å². The van der Waals surface area contributed by atoms with Gasteiger partial charge in [-0.3, -0.25) is 9.69 Å². The van der Waals surface area contributed by atoms with E-state index in [0.717, 1.165) is 54.3 Å². The second kappa shape index (κ2) is 10.7. The molecule has 3 aromatic carbocycles. The third-order valence-electron chi connectivity index (χ3n) is 6.16. The third kappa shape index (κ3) is 5.66. The smallest absolute Gasteiger partial charge is 0.251 e. The minimum atomic E-state index is -0.00877. The van der Waals surface area contributed by atoms with Crippen LogP contribution in [0.3, 0.4) is 0 Å². The van der Waals surface area contributed by atoms with Crippen molar-refractivity contribution in [1.82, 2.24) is 15.2 Å². The van der Waals surface area contributed by atoms with Gasteiger partial charge >= 0.3 is 0 Å². The maximum atomic E-state index is 12.6. The number of thiazole rings is 1. The number of carbonyl (C=O) groups is 1. The molecule has 1 aliphatic heterocycles. The van der Waals surface area contributed by atoms with Gasteiger partial charge in [0.25, 0.3) is 5.91 Å². The summed E-state index contributed by atoms with van der Waals surface area (Å²) in [5, 5.41) is 4.17. The molecule has 0 aliphatic carbocycles. The van der Waals surface area contributed by atoms with Gasteiger partial charge in [-0.15, -0.1) is 0 Å². The Morgan fingerprint density at radius 3 is 2.44 bits per heavy atom. The third-order valence-corrected chi connectivity index (χ3v) is 7.74. The van der Waals surface area contributed by atoms with Gasteiger partial charge in [0.1, 0.15) is 0 Å². The molecular formula is C27H27BrN4OS. The van der Waals surface area contributed by atoms with Crippen LogP contribution in [0.4, 0.5) is 5.13 Å². The van der Waals surface area contributed by atoms with E-state index in [1.807, 2.05) is 36.4 Å². The summed E-state index contributed by atoms with van der Waals surface area (Å²) in [5.74, 6) is -0.00877. The summed E-state index contributed by atoms with van der Waals surface area (Å²) in [5.41, 5.74) is 4.25. The fraction of sp³-hybridized carbons (Fsp3) is 0.259. The van der Waals surface area contributed by atoms with Gasteiger partial charge in [0.15, 0.2) is 5.13 Å². The molecule has 0 radical (unpaired) electrons. The van der Waals surface area contributed by atoms with Crippen molar-refractivity contribution in [3.05, 3.63) is 94.0 Å². The van der Waals surface area contributed by atoms with E-state index in [1.54, 1.807) is 11.3 Å². The molecule has 0 spiro atoms. The van der Waals surface area contributed by atoms with E-state index in [9.17, 15) is 4.79 Å². The van der Waals surface area contributed by atoms with Crippen LogP contribution in [-0.4, -0.2) is 55.1 Å². The monoisotopic (exact) mass is 534 g/mol. The number of hydrogen-bond donors (Lipinski definition) is 1. The highest BCUT2D eigenvalue weighted by molar-refractivity contribution is 9.10. The fourth-order valence-electron chi connectivity index (χ4n) is 4.22. The van der Waals surface area contributed by atoms with Crippen molar-refractivity contribution < 1.29 is 4.79 Å². The van der Waals surface area contributed by atoms with Crippen LogP contribution in [0.5, 0.6) is 0 Å². The van der Waals surface area contributed by atoms with E-state index in [-0.39, 0.29) is 5.91 Å². The van der Waals surface area contributed by atoms with Crippen LogP contribution in [-0.2, 0) is 6.42 Å². The van der Waals surface area contributed by atoms with Crippen molar-refractivity contribution in [3.8, 4) is 0 Å². The van der Waals surface area contributed by atoms with Crippen molar-refractivity contribution in [1.29, 1.82) is 0 Å². The highest BCUT2D eigenvalue weighted by Crippen LogP contribution is 2.31. The van der Waals surface area contributed by atoms with Crippen LogP contribution in [0.2, 0.25) is 0 Å². The van der Waals surface area contributed by atoms with Gasteiger partial charge in [-0.2, -0.15) is 0 Å². The minimum absolute atomic E-state index is 0.00877. The molecule has 0 saturated carbocycles. The Morgan fingerprint density at radius 2 is 1.68 bits per heavy atom. The summed E-state index contributed by atoms with van der Waals surface area (Å²) in [7, 11) is 0. The summed E-state index contributed by atoms with van der Waals surface area (Å²) in [6.45, 7) is 5.38. The number of amides is 1. The first kappa shape index (κ1) is 23.0. The van der Waals surface area contributed by atoms with Gasteiger partial charge in [-0.1, -0.05) is 69.7 Å². The van der Waals surface area contributed by atoms with Gasteiger partial charge in [-0.05, 0) is 47.9 Å². The number of nitrogens with one attached hydrogen (secondary N) is 1. The lowest BCUT2D eigenvalue weighted by Gasteiger charge is -2.34. The van der Waals surface area contributed by atoms with Crippen LogP contribution < -0.4 is 10.2 Å². The Morgan fingerprint density at radius 1 is 0.941 bits per heavy atom. The summed E-state index contributed by atoms with van der Waals surface area (Å²) in [6.07, 6.45) is 0.878. The Kier molecular flexibility index (Phi) is 7.23. The Bertz CT molecular complexity index is 1250. The maximum Gasteiger partial charge on any atom is 0.251 e. The molecule has 174 valence electrons. The molecule has 5 rings (SSSR count). The van der Waals surface area contributed by atoms with Gasteiger partial charge in [-0.25, -0.2) is 4.98 Å². The number of benzene rings is 3. The second-order valence-electron chi connectivity index (χ2n) is 8.55. The quantitative estimate of drug-likeness (QED) is 0.354. The van der Waals surface area contributed by atoms with Crippen LogP contribution in [0.15, 0.2) is 77.3 Å². The normalized spacial score (nSPS) is 14.4. The number of carbonyl (C=O) groups excluding carboxylic acids is 1. The molecule has 1 N–H and O–H groups in total. The van der Waals surface area contributed by atoms with E-state index in [2.05, 4.69) is 67.4 Å². The molecule has 5 nitrogen and oxygen atoms in total. The van der Waals surface area contributed by atoms with Gasteiger partial charge in [0.05, 0.1) is 10.2 Å². The molecule has 4 aromatic rings. The van der Waals surface area contributed by atoms with Crippen molar-refractivity contribution in [2.75, 3.05) is 44.2 Å². The molecule has 0 bridgehead atoms. The first-order valence-corrected chi connectivity index (χ1v) is 13.2. The molecule has 7 heteroatoms. The molecule has 1 aliphatic rings. The highest BCUT2D eigenvalue weighted by Gasteiger charge is 2.20. The Labute approximate surface area is 212 Å². The number of fused-ring (bicyclic) bond motifs is 1. The van der Waals surface area contributed by atoms with Crippen LogP contribution in [0.1, 0.15) is 21.5 Å². The number of piperazine rings is 1. The minimum Gasteiger partial charge on any atom is -0.351 e. The van der Waals surface area contributed by atoms with Crippen molar-refractivity contribution in [2.24, 2.45) is 0 Å². The van der Waals surface area contributed by atoms with E-state index < -0.39 is 0 Å². The maximum absolute atomic E-state index is 12.6. The van der Waals surface area contributed by atoms with Crippen molar-refractivity contribution in [3.63, 3.8) is 0 Å². The van der Waals surface area contributed by atoms with Crippen molar-refractivity contribution >= 4 is 48.5 Å². The average Bonchev–Trinajstić information content (AvgIpc) is 3.29. The average molecular weight is 536 g/mol. The summed E-state index contributed by atoms with van der Waals surface area (Å²) < 4.78 is 2.30. The fourth-order valence-corrected chi connectivity index (χ4v) is 5.79. The van der Waals surface area contributed by atoms with Crippen molar-refractivity contribution in [2.45, 2.75) is 6.42 Å². The van der Waals surface area contributed by atoms with Crippen LogP contribution >= 0.6 is 27.3 Å². The molecule has 1 saturated heterocycles. The first-order valence-electron chi connectivity index (χ1n) is 11.6. The van der Waals surface area contributed by atoms with Crippen LogP contribution in [0.25, 0.3) is 10.2 Å². The molecular weight excluding hydrogens is 508 g/mol. The van der Waals surface area contributed by atoms with Gasteiger partial charge in [0, 0.05) is 49.3 Å². The lowest BCUT2D eigenvalue weighted by molar-refractivity contribution is 0.0948. The molecule has 1 amide bonds. The molecule has 1 aromatic heterocycles. The van der Waals surface area contributed by atoms with Crippen LogP contribution in [0, 0.1) is 0 Å².